The van der Waals surface area contributed by atoms with Gasteiger partial charge >= 0.3 is 0 Å². The maximum atomic E-state index is 13.3. The number of nitrogens with one attached hydrogen (secondary N) is 1. The number of amides is 1. The van der Waals surface area contributed by atoms with Crippen LogP contribution >= 0.6 is 0 Å². The molecule has 1 amide bonds. The molecule has 0 spiro atoms. The number of carbonyl (C=O) groups is 1. The molecule has 5 nitrogen and oxygen atoms in total. The molecule has 0 unspecified atom stereocenters. The van der Waals surface area contributed by atoms with Crippen LogP contribution in [0.3, 0.4) is 0 Å². The molecule has 1 aromatic heterocycles. The van der Waals surface area contributed by atoms with Gasteiger partial charge in [-0.1, -0.05) is 0 Å². The predicted octanol–water partition coefficient (Wildman–Crippen LogP) is 3.79. The van der Waals surface area contributed by atoms with Crippen molar-refractivity contribution in [2.24, 2.45) is 0 Å². The van der Waals surface area contributed by atoms with E-state index < -0.39 is 17.5 Å². The monoisotopic (exact) mass is 343 g/mol. The van der Waals surface area contributed by atoms with Crippen molar-refractivity contribution in [2.45, 2.75) is 13.8 Å². The summed E-state index contributed by atoms with van der Waals surface area (Å²) in [5.41, 5.74) is 3.27. The van der Waals surface area contributed by atoms with Crippen LogP contribution in [0.5, 0.6) is 5.88 Å². The summed E-state index contributed by atoms with van der Waals surface area (Å²) in [6.07, 6.45) is 0. The first-order valence-electron chi connectivity index (χ1n) is 7.48. The second-order valence-electron chi connectivity index (χ2n) is 5.59. The lowest BCUT2D eigenvalue weighted by molar-refractivity contribution is 0.101. The van der Waals surface area contributed by atoms with Crippen molar-refractivity contribution in [2.75, 3.05) is 12.4 Å². The van der Waals surface area contributed by atoms with Gasteiger partial charge in [-0.15, -0.1) is 0 Å². The molecule has 0 atom stereocenters. The van der Waals surface area contributed by atoms with Gasteiger partial charge in [-0.3, -0.25) is 4.79 Å². The third-order valence-corrected chi connectivity index (χ3v) is 3.83. The van der Waals surface area contributed by atoms with Crippen LogP contribution in [0.1, 0.15) is 21.6 Å². The Hall–Kier alpha value is -3.09. The Morgan fingerprint density at radius 1 is 1.00 bits per heavy atom. The standard InChI is InChI=1S/C18H15F2N3O2/c1-9-6-14-15(7-10(9)2)23-18(25-3)16(22-14)17(24)21-11-4-5-12(19)13(20)8-11/h4-8H,1-3H3,(H,21,24). The lowest BCUT2D eigenvalue weighted by Crippen LogP contribution is -2.16. The summed E-state index contributed by atoms with van der Waals surface area (Å²) in [6.45, 7) is 3.88. The van der Waals surface area contributed by atoms with Gasteiger partial charge in [0.15, 0.2) is 17.3 Å². The molecular weight excluding hydrogens is 328 g/mol. The molecule has 0 saturated carbocycles. The largest absolute Gasteiger partial charge is 0.479 e. The minimum atomic E-state index is -1.06. The molecule has 3 rings (SSSR count). The van der Waals surface area contributed by atoms with E-state index in [0.717, 1.165) is 23.3 Å². The van der Waals surface area contributed by atoms with Crippen molar-refractivity contribution in [3.05, 3.63) is 58.8 Å². The summed E-state index contributed by atoms with van der Waals surface area (Å²) < 4.78 is 31.4. The number of halogens is 2. The van der Waals surface area contributed by atoms with E-state index in [9.17, 15) is 13.6 Å². The molecule has 0 bridgehead atoms. The highest BCUT2D eigenvalue weighted by Crippen LogP contribution is 2.23. The Kier molecular flexibility index (Phi) is 4.31. The second kappa shape index (κ2) is 6.43. The smallest absolute Gasteiger partial charge is 0.279 e. The zero-order valence-electron chi connectivity index (χ0n) is 13.9. The number of hydrogen-bond acceptors (Lipinski definition) is 4. The number of nitrogens with zero attached hydrogens (tertiary/aromatic N) is 2. The average Bonchev–Trinajstić information content (AvgIpc) is 2.58. The highest BCUT2D eigenvalue weighted by molar-refractivity contribution is 6.05. The average molecular weight is 343 g/mol. The number of aromatic nitrogens is 2. The van der Waals surface area contributed by atoms with Crippen LogP contribution in [0, 0.1) is 25.5 Å². The minimum absolute atomic E-state index is 0.0389. The van der Waals surface area contributed by atoms with E-state index in [1.54, 1.807) is 0 Å². The van der Waals surface area contributed by atoms with Gasteiger partial charge in [0.25, 0.3) is 5.91 Å². The highest BCUT2D eigenvalue weighted by atomic mass is 19.2. The number of aryl methyl sites for hydroxylation is 2. The van der Waals surface area contributed by atoms with Crippen molar-refractivity contribution in [3.8, 4) is 5.88 Å². The molecule has 25 heavy (non-hydrogen) atoms. The first-order chi connectivity index (χ1) is 11.9. The van der Waals surface area contributed by atoms with Crippen molar-refractivity contribution in [3.63, 3.8) is 0 Å². The second-order valence-corrected chi connectivity index (χ2v) is 5.59. The molecule has 0 aliphatic heterocycles. The van der Waals surface area contributed by atoms with E-state index >= 15 is 0 Å². The maximum absolute atomic E-state index is 13.3. The molecular formula is C18H15F2N3O2. The Bertz CT molecular complexity index is 990. The van der Waals surface area contributed by atoms with Crippen molar-refractivity contribution < 1.29 is 18.3 Å². The van der Waals surface area contributed by atoms with Gasteiger partial charge in [-0.25, -0.2) is 18.7 Å². The molecule has 0 radical (unpaired) electrons. The number of ether oxygens (including phenoxy) is 1. The first kappa shape index (κ1) is 16.8. The fourth-order valence-electron chi connectivity index (χ4n) is 2.35. The predicted molar refractivity (Wildman–Crippen MR) is 89.9 cm³/mol. The van der Waals surface area contributed by atoms with Gasteiger partial charge < -0.3 is 10.1 Å². The van der Waals surface area contributed by atoms with E-state index in [4.69, 9.17) is 4.74 Å². The van der Waals surface area contributed by atoms with Crippen molar-refractivity contribution in [1.82, 2.24) is 9.97 Å². The summed E-state index contributed by atoms with van der Waals surface area (Å²) in [5, 5.41) is 2.46. The van der Waals surface area contributed by atoms with Gasteiger partial charge in [0.05, 0.1) is 18.1 Å². The third kappa shape index (κ3) is 3.26. The number of carbonyl (C=O) groups excluding carboxylic acids is 1. The van der Waals surface area contributed by atoms with E-state index in [2.05, 4.69) is 15.3 Å². The van der Waals surface area contributed by atoms with Crippen LogP contribution in [0.25, 0.3) is 11.0 Å². The Morgan fingerprint density at radius 3 is 2.24 bits per heavy atom. The normalized spacial score (nSPS) is 10.8. The Balaban J connectivity index is 2.02. The van der Waals surface area contributed by atoms with Gasteiger partial charge in [0, 0.05) is 11.8 Å². The fourth-order valence-corrected chi connectivity index (χ4v) is 2.35. The number of hydrogen-bond donors (Lipinski definition) is 1. The van der Waals surface area contributed by atoms with Gasteiger partial charge in [0.1, 0.15) is 0 Å². The van der Waals surface area contributed by atoms with E-state index in [1.165, 1.54) is 13.2 Å². The SMILES string of the molecule is COc1nc2cc(C)c(C)cc2nc1C(=O)Nc1ccc(F)c(F)c1. The van der Waals surface area contributed by atoms with Gasteiger partial charge in [0.2, 0.25) is 5.88 Å². The summed E-state index contributed by atoms with van der Waals surface area (Å²) in [6, 6.07) is 6.76. The third-order valence-electron chi connectivity index (χ3n) is 3.83. The fraction of sp³-hybridized carbons (Fsp3) is 0.167. The summed E-state index contributed by atoms with van der Waals surface area (Å²) in [4.78, 5) is 21.1. The van der Waals surface area contributed by atoms with Crippen LogP contribution in [-0.4, -0.2) is 23.0 Å². The van der Waals surface area contributed by atoms with Crippen molar-refractivity contribution in [1.29, 1.82) is 0 Å². The van der Waals surface area contributed by atoms with Crippen LogP contribution in [-0.2, 0) is 0 Å². The van der Waals surface area contributed by atoms with E-state index in [1.807, 2.05) is 26.0 Å². The lowest BCUT2D eigenvalue weighted by Gasteiger charge is -2.10. The van der Waals surface area contributed by atoms with Crippen LogP contribution < -0.4 is 10.1 Å². The number of benzene rings is 2. The number of fused-ring (bicyclic) bond motifs is 1. The van der Waals surface area contributed by atoms with Crippen molar-refractivity contribution >= 4 is 22.6 Å². The first-order valence-corrected chi connectivity index (χ1v) is 7.48. The quantitative estimate of drug-likeness (QED) is 0.786. The molecule has 0 aliphatic rings. The summed E-state index contributed by atoms with van der Waals surface area (Å²) in [5.74, 6) is -2.63. The molecule has 0 saturated heterocycles. The molecule has 0 aliphatic carbocycles. The van der Waals surface area contributed by atoms with E-state index in [0.29, 0.717) is 11.0 Å². The van der Waals surface area contributed by atoms with Crippen LogP contribution in [0.4, 0.5) is 14.5 Å². The topological polar surface area (TPSA) is 64.1 Å². The summed E-state index contributed by atoms with van der Waals surface area (Å²) >= 11 is 0. The maximum Gasteiger partial charge on any atom is 0.279 e. The molecule has 128 valence electrons. The van der Waals surface area contributed by atoms with E-state index in [-0.39, 0.29) is 17.3 Å². The number of anilines is 1. The Morgan fingerprint density at radius 2 is 1.64 bits per heavy atom. The zero-order chi connectivity index (χ0) is 18.1. The highest BCUT2D eigenvalue weighted by Gasteiger charge is 2.18. The zero-order valence-corrected chi connectivity index (χ0v) is 13.9. The minimum Gasteiger partial charge on any atom is -0.479 e. The van der Waals surface area contributed by atoms with Crippen LogP contribution in [0.15, 0.2) is 30.3 Å². The van der Waals surface area contributed by atoms with Gasteiger partial charge in [-0.05, 0) is 49.2 Å². The molecule has 7 heteroatoms. The van der Waals surface area contributed by atoms with Gasteiger partial charge in [-0.2, -0.15) is 0 Å². The molecule has 1 heterocycles. The molecule has 2 aromatic carbocycles. The number of rotatable bonds is 3. The molecule has 1 N–H and O–H groups in total. The molecule has 3 aromatic rings. The lowest BCUT2D eigenvalue weighted by atomic mass is 10.1. The number of methoxy groups -OCH3 is 1. The summed E-state index contributed by atoms with van der Waals surface area (Å²) in [7, 11) is 1.38. The van der Waals surface area contributed by atoms with Crippen LogP contribution in [0.2, 0.25) is 0 Å². The Labute approximate surface area is 142 Å². The molecule has 0 fully saturated rings.